The molecule has 0 heterocycles. The second kappa shape index (κ2) is 7.66. The number of amides is 1. The Morgan fingerprint density at radius 2 is 1.87 bits per heavy atom. The van der Waals surface area contributed by atoms with Crippen LogP contribution in [0.3, 0.4) is 0 Å². The van der Waals surface area contributed by atoms with Crippen molar-refractivity contribution in [3.05, 3.63) is 59.2 Å². The van der Waals surface area contributed by atoms with Gasteiger partial charge in [-0.1, -0.05) is 42.5 Å². The van der Waals surface area contributed by atoms with E-state index in [2.05, 4.69) is 16.1 Å². The van der Waals surface area contributed by atoms with Crippen LogP contribution in [0.4, 0.5) is 10.5 Å². The average Bonchev–Trinajstić information content (AvgIpc) is 2.60. The van der Waals surface area contributed by atoms with Crippen LogP contribution < -0.4 is 10.1 Å². The second-order valence-electron chi connectivity index (χ2n) is 4.58. The summed E-state index contributed by atoms with van der Waals surface area (Å²) in [5.41, 5.74) is 2.28. The van der Waals surface area contributed by atoms with E-state index in [1.165, 1.54) is 14.2 Å². The lowest BCUT2D eigenvalue weighted by atomic mass is 10.0. The van der Waals surface area contributed by atoms with Gasteiger partial charge in [0.2, 0.25) is 0 Å². The molecule has 2 rings (SSSR count). The molecular weight excluding hydrogens is 292 g/mol. The fourth-order valence-electron chi connectivity index (χ4n) is 2.06. The van der Waals surface area contributed by atoms with E-state index in [0.717, 1.165) is 5.56 Å². The molecule has 0 spiro atoms. The number of hydrogen-bond acceptors (Lipinski definition) is 4. The summed E-state index contributed by atoms with van der Waals surface area (Å²) in [6.45, 7) is 0. The van der Waals surface area contributed by atoms with Gasteiger partial charge in [-0.15, -0.1) is 0 Å². The Kier molecular flexibility index (Phi) is 5.37. The summed E-state index contributed by atoms with van der Waals surface area (Å²) in [6.07, 6.45) is 3.05. The predicted octanol–water partition coefficient (Wildman–Crippen LogP) is 3.92. The van der Waals surface area contributed by atoms with Crippen LogP contribution in [0, 0.1) is 11.3 Å². The third-order valence-corrected chi connectivity index (χ3v) is 3.20. The number of carbonyl (C=O) groups excluding carboxylic acids is 1. The average molecular weight is 308 g/mol. The maximum atomic E-state index is 11.5. The van der Waals surface area contributed by atoms with Gasteiger partial charge in [0, 0.05) is 0 Å². The van der Waals surface area contributed by atoms with Gasteiger partial charge >= 0.3 is 6.09 Å². The zero-order valence-corrected chi connectivity index (χ0v) is 12.9. The number of ether oxygens (including phenoxy) is 2. The van der Waals surface area contributed by atoms with Gasteiger partial charge in [0.25, 0.3) is 0 Å². The number of carbonyl (C=O) groups is 1. The van der Waals surface area contributed by atoms with Gasteiger partial charge in [-0.2, -0.15) is 5.26 Å². The molecule has 0 saturated carbocycles. The molecule has 0 aliphatic rings. The van der Waals surface area contributed by atoms with Crippen molar-refractivity contribution in [1.29, 1.82) is 5.26 Å². The van der Waals surface area contributed by atoms with Crippen molar-refractivity contribution in [3.63, 3.8) is 0 Å². The molecule has 0 aromatic heterocycles. The van der Waals surface area contributed by atoms with Gasteiger partial charge in [0.1, 0.15) is 17.5 Å². The Balaban J connectivity index is 2.44. The molecule has 0 fully saturated rings. The first kappa shape index (κ1) is 16.1. The van der Waals surface area contributed by atoms with Crippen LogP contribution in [0.5, 0.6) is 5.75 Å². The first-order valence-electron chi connectivity index (χ1n) is 6.88. The molecule has 23 heavy (non-hydrogen) atoms. The highest BCUT2D eigenvalue weighted by molar-refractivity contribution is 5.91. The molecule has 2 aromatic rings. The third kappa shape index (κ3) is 3.89. The molecule has 0 unspecified atom stereocenters. The number of benzene rings is 2. The number of methoxy groups -OCH3 is 2. The van der Waals surface area contributed by atoms with E-state index in [1.807, 2.05) is 42.5 Å². The zero-order valence-electron chi connectivity index (χ0n) is 12.9. The normalized spacial score (nSPS) is 10.1. The van der Waals surface area contributed by atoms with Crippen molar-refractivity contribution < 1.29 is 14.3 Å². The summed E-state index contributed by atoms with van der Waals surface area (Å²) in [5.74, 6) is 0.392. The van der Waals surface area contributed by atoms with Gasteiger partial charge in [-0.25, -0.2) is 4.79 Å². The van der Waals surface area contributed by atoms with E-state index >= 15 is 0 Å². The molecule has 116 valence electrons. The largest absolute Gasteiger partial charge is 0.495 e. The first-order chi connectivity index (χ1) is 11.2. The van der Waals surface area contributed by atoms with E-state index in [-0.39, 0.29) is 5.69 Å². The van der Waals surface area contributed by atoms with Gasteiger partial charge in [-0.3, -0.25) is 5.32 Å². The number of anilines is 1. The Hall–Kier alpha value is -3.26. The molecule has 0 aliphatic heterocycles. The molecule has 0 aliphatic carbocycles. The molecule has 0 bridgehead atoms. The second-order valence-corrected chi connectivity index (χ2v) is 4.58. The summed E-state index contributed by atoms with van der Waals surface area (Å²) in [5, 5.41) is 12.0. The Morgan fingerprint density at radius 1 is 1.13 bits per heavy atom. The summed E-state index contributed by atoms with van der Waals surface area (Å²) < 4.78 is 9.79. The van der Waals surface area contributed by atoms with Crippen molar-refractivity contribution in [2.75, 3.05) is 19.5 Å². The Bertz CT molecular complexity index is 762. The van der Waals surface area contributed by atoms with Crippen molar-refractivity contribution in [2.24, 2.45) is 0 Å². The van der Waals surface area contributed by atoms with Crippen LogP contribution in [0.1, 0.15) is 16.7 Å². The first-order valence-corrected chi connectivity index (χ1v) is 6.88. The van der Waals surface area contributed by atoms with E-state index in [9.17, 15) is 10.1 Å². The molecule has 1 amide bonds. The van der Waals surface area contributed by atoms with Crippen LogP contribution in [-0.2, 0) is 4.74 Å². The highest BCUT2D eigenvalue weighted by Crippen LogP contribution is 2.31. The molecule has 5 heteroatoms. The van der Waals surface area contributed by atoms with Crippen LogP contribution in [0.25, 0.3) is 12.2 Å². The molecule has 0 saturated heterocycles. The number of hydrogen-bond donors (Lipinski definition) is 1. The van der Waals surface area contributed by atoms with E-state index < -0.39 is 6.09 Å². The van der Waals surface area contributed by atoms with Crippen molar-refractivity contribution in [1.82, 2.24) is 0 Å². The van der Waals surface area contributed by atoms with Crippen LogP contribution in [0.2, 0.25) is 0 Å². The lowest BCUT2D eigenvalue weighted by molar-refractivity contribution is 0.187. The molecule has 1 N–H and O–H groups in total. The summed E-state index contributed by atoms with van der Waals surface area (Å²) in [4.78, 5) is 11.5. The zero-order chi connectivity index (χ0) is 16.7. The van der Waals surface area contributed by atoms with Gasteiger partial charge < -0.3 is 9.47 Å². The number of nitrogens with one attached hydrogen (secondary N) is 1. The third-order valence-electron chi connectivity index (χ3n) is 3.20. The highest BCUT2D eigenvalue weighted by atomic mass is 16.5. The maximum Gasteiger partial charge on any atom is 0.411 e. The standard InChI is InChI=1S/C18H16N2O3/c1-22-16-11-10-14(9-8-13-6-4-3-5-7-13)15(12-19)17(16)20-18(21)23-2/h3-11H,1-2H3,(H,20,21)/b9-8+. The molecular formula is C18H16N2O3. The Morgan fingerprint density at radius 3 is 2.48 bits per heavy atom. The molecule has 0 radical (unpaired) electrons. The van der Waals surface area contributed by atoms with E-state index in [0.29, 0.717) is 16.9 Å². The fraction of sp³-hybridized carbons (Fsp3) is 0.111. The highest BCUT2D eigenvalue weighted by Gasteiger charge is 2.15. The van der Waals surface area contributed by atoms with Crippen LogP contribution in [-0.4, -0.2) is 20.3 Å². The van der Waals surface area contributed by atoms with Crippen molar-refractivity contribution >= 4 is 23.9 Å². The summed E-state index contributed by atoms with van der Waals surface area (Å²) >= 11 is 0. The predicted molar refractivity (Wildman–Crippen MR) is 89.1 cm³/mol. The lowest BCUT2D eigenvalue weighted by Gasteiger charge is -2.12. The minimum Gasteiger partial charge on any atom is -0.495 e. The van der Waals surface area contributed by atoms with Crippen molar-refractivity contribution in [2.45, 2.75) is 0 Å². The number of nitriles is 1. The maximum absolute atomic E-state index is 11.5. The molecule has 2 aromatic carbocycles. The monoisotopic (exact) mass is 308 g/mol. The lowest BCUT2D eigenvalue weighted by Crippen LogP contribution is -2.13. The minimum atomic E-state index is -0.663. The Labute approximate surface area is 134 Å². The van der Waals surface area contributed by atoms with E-state index in [1.54, 1.807) is 12.1 Å². The number of nitrogens with zero attached hydrogens (tertiary/aromatic N) is 1. The van der Waals surface area contributed by atoms with Gasteiger partial charge in [0.15, 0.2) is 0 Å². The number of rotatable bonds is 4. The topological polar surface area (TPSA) is 71.3 Å². The summed E-state index contributed by atoms with van der Waals surface area (Å²) in [7, 11) is 2.73. The van der Waals surface area contributed by atoms with Gasteiger partial charge in [0.05, 0.1) is 19.8 Å². The van der Waals surface area contributed by atoms with Gasteiger partial charge in [-0.05, 0) is 23.3 Å². The SMILES string of the molecule is COC(=O)Nc1c(OC)ccc(/C=C/c2ccccc2)c1C#N. The minimum absolute atomic E-state index is 0.289. The molecule has 0 atom stereocenters. The smallest absolute Gasteiger partial charge is 0.411 e. The fourth-order valence-corrected chi connectivity index (χ4v) is 2.06. The summed E-state index contributed by atoms with van der Waals surface area (Å²) in [6, 6.07) is 15.3. The molecule has 5 nitrogen and oxygen atoms in total. The van der Waals surface area contributed by atoms with Crippen LogP contribution >= 0.6 is 0 Å². The van der Waals surface area contributed by atoms with Crippen LogP contribution in [0.15, 0.2) is 42.5 Å². The van der Waals surface area contributed by atoms with E-state index in [4.69, 9.17) is 4.74 Å². The van der Waals surface area contributed by atoms with Crippen molar-refractivity contribution in [3.8, 4) is 11.8 Å². The quantitative estimate of drug-likeness (QED) is 0.869.